The maximum atomic E-state index is 11.2. The molecule has 1 aromatic carbocycles. The number of benzene rings is 1. The normalized spacial score (nSPS) is 9.40. The van der Waals surface area contributed by atoms with Gasteiger partial charge in [-0.25, -0.2) is 0 Å². The molecular weight excluding hydrogens is 196 g/mol. The third kappa shape index (κ3) is 1.99. The fourth-order valence-corrected chi connectivity index (χ4v) is 1.35. The number of aryl methyl sites for hydroxylation is 1. The van der Waals surface area contributed by atoms with Gasteiger partial charge < -0.3 is 0 Å². The van der Waals surface area contributed by atoms with E-state index in [1.165, 1.54) is 26.0 Å². The molecule has 0 bridgehead atoms. The molecule has 0 atom stereocenters. The van der Waals surface area contributed by atoms with Crippen molar-refractivity contribution < 1.29 is 9.72 Å². The maximum Gasteiger partial charge on any atom is 0.283 e. The van der Waals surface area contributed by atoms with E-state index in [1.54, 1.807) is 0 Å². The molecule has 0 aliphatic rings. The summed E-state index contributed by atoms with van der Waals surface area (Å²) in [4.78, 5) is 21.3. The Labute approximate surface area is 86.1 Å². The molecule has 0 radical (unpaired) electrons. The number of carbonyl (C=O) groups is 1. The Morgan fingerprint density at radius 2 is 2.13 bits per heavy atom. The van der Waals surface area contributed by atoms with E-state index in [0.29, 0.717) is 5.56 Å². The molecule has 1 rings (SSSR count). The summed E-state index contributed by atoms with van der Waals surface area (Å²) < 4.78 is 0. The molecule has 0 saturated carbocycles. The molecule has 15 heavy (non-hydrogen) atoms. The topological polar surface area (TPSA) is 84.0 Å². The second-order valence-corrected chi connectivity index (χ2v) is 3.11. The zero-order chi connectivity index (χ0) is 11.6. The highest BCUT2D eigenvalue weighted by Crippen LogP contribution is 2.25. The number of nitro benzene ring substituents is 1. The van der Waals surface area contributed by atoms with Crippen LogP contribution in [0.15, 0.2) is 12.1 Å². The number of nitriles is 1. The molecule has 0 amide bonds. The Balaban J connectivity index is 3.58. The lowest BCUT2D eigenvalue weighted by molar-refractivity contribution is -0.385. The van der Waals surface area contributed by atoms with Gasteiger partial charge in [0.1, 0.15) is 0 Å². The number of rotatable bonds is 2. The fraction of sp³-hybridized carbons (Fsp3) is 0.200. The molecule has 0 fully saturated rings. The summed E-state index contributed by atoms with van der Waals surface area (Å²) in [6.07, 6.45) is 0. The van der Waals surface area contributed by atoms with E-state index >= 15 is 0 Å². The smallest absolute Gasteiger partial charge is 0.283 e. The molecule has 0 spiro atoms. The molecule has 76 valence electrons. The minimum Gasteiger partial charge on any atom is -0.294 e. The number of nitrogens with zero attached hydrogens (tertiary/aromatic N) is 2. The van der Waals surface area contributed by atoms with Crippen LogP contribution in [0.1, 0.15) is 28.4 Å². The Bertz CT molecular complexity index is 486. The third-order valence-electron chi connectivity index (χ3n) is 1.99. The first-order valence-electron chi connectivity index (χ1n) is 4.17. The predicted molar refractivity (Wildman–Crippen MR) is 52.6 cm³/mol. The Morgan fingerprint density at radius 1 is 1.53 bits per heavy atom. The van der Waals surface area contributed by atoms with Crippen molar-refractivity contribution in [1.82, 2.24) is 0 Å². The Kier molecular flexibility index (Phi) is 2.81. The van der Waals surface area contributed by atoms with E-state index in [-0.39, 0.29) is 16.8 Å². The molecule has 0 N–H and O–H groups in total. The van der Waals surface area contributed by atoms with Gasteiger partial charge in [0.05, 0.1) is 22.1 Å². The van der Waals surface area contributed by atoms with Crippen LogP contribution in [-0.4, -0.2) is 10.7 Å². The summed E-state index contributed by atoms with van der Waals surface area (Å²) >= 11 is 0. The van der Waals surface area contributed by atoms with Crippen LogP contribution in [-0.2, 0) is 0 Å². The van der Waals surface area contributed by atoms with Crippen molar-refractivity contribution in [2.45, 2.75) is 13.8 Å². The van der Waals surface area contributed by atoms with Gasteiger partial charge in [0.15, 0.2) is 5.78 Å². The lowest BCUT2D eigenvalue weighted by Crippen LogP contribution is -2.03. The van der Waals surface area contributed by atoms with Crippen LogP contribution in [0, 0.1) is 28.4 Å². The number of Topliss-reactive ketones (excluding diaryl/α,β-unsaturated/α-hetero) is 1. The highest BCUT2D eigenvalue weighted by molar-refractivity contribution is 5.99. The van der Waals surface area contributed by atoms with Gasteiger partial charge in [-0.3, -0.25) is 14.9 Å². The highest BCUT2D eigenvalue weighted by Gasteiger charge is 2.21. The lowest BCUT2D eigenvalue weighted by atomic mass is 10.0. The standard InChI is InChI=1S/C10H8N2O3/c1-6-3-8(5-11)4-9(7(2)13)10(6)12(14)15/h3-4H,1-2H3. The summed E-state index contributed by atoms with van der Waals surface area (Å²) in [6, 6.07) is 4.49. The van der Waals surface area contributed by atoms with Crippen LogP contribution >= 0.6 is 0 Å². The number of hydrogen-bond acceptors (Lipinski definition) is 4. The van der Waals surface area contributed by atoms with Gasteiger partial charge >= 0.3 is 0 Å². The minimum absolute atomic E-state index is 0.0171. The van der Waals surface area contributed by atoms with Crippen LogP contribution in [0.25, 0.3) is 0 Å². The quantitative estimate of drug-likeness (QED) is 0.418. The monoisotopic (exact) mass is 204 g/mol. The van der Waals surface area contributed by atoms with Crippen molar-refractivity contribution in [3.63, 3.8) is 0 Å². The summed E-state index contributed by atoms with van der Waals surface area (Å²) in [7, 11) is 0. The third-order valence-corrected chi connectivity index (χ3v) is 1.99. The van der Waals surface area contributed by atoms with E-state index in [9.17, 15) is 14.9 Å². The summed E-state index contributed by atoms with van der Waals surface area (Å²) in [5.41, 5.74) is 0.339. The van der Waals surface area contributed by atoms with Crippen molar-refractivity contribution in [2.75, 3.05) is 0 Å². The van der Waals surface area contributed by atoms with Gasteiger partial charge in [-0.05, 0) is 26.0 Å². The SMILES string of the molecule is CC(=O)c1cc(C#N)cc(C)c1[N+](=O)[O-]. The van der Waals surface area contributed by atoms with Crippen molar-refractivity contribution in [2.24, 2.45) is 0 Å². The van der Waals surface area contributed by atoms with E-state index in [2.05, 4.69) is 0 Å². The lowest BCUT2D eigenvalue weighted by Gasteiger charge is -2.02. The number of nitro groups is 1. The van der Waals surface area contributed by atoms with Crippen LogP contribution in [0.2, 0.25) is 0 Å². The molecule has 5 nitrogen and oxygen atoms in total. The summed E-state index contributed by atoms with van der Waals surface area (Å²) in [5.74, 6) is -0.415. The van der Waals surface area contributed by atoms with Gasteiger partial charge in [-0.2, -0.15) is 5.26 Å². The van der Waals surface area contributed by atoms with Gasteiger partial charge in [-0.15, -0.1) is 0 Å². The first kappa shape index (κ1) is 10.9. The second-order valence-electron chi connectivity index (χ2n) is 3.11. The largest absolute Gasteiger partial charge is 0.294 e. The van der Waals surface area contributed by atoms with Crippen molar-refractivity contribution in [1.29, 1.82) is 5.26 Å². The average Bonchev–Trinajstić information content (AvgIpc) is 2.15. The summed E-state index contributed by atoms with van der Waals surface area (Å²) in [5, 5.41) is 19.4. The molecule has 0 aliphatic heterocycles. The van der Waals surface area contributed by atoms with Crippen LogP contribution < -0.4 is 0 Å². The molecule has 0 aromatic heterocycles. The van der Waals surface area contributed by atoms with E-state index < -0.39 is 10.7 Å². The predicted octanol–water partition coefficient (Wildman–Crippen LogP) is 1.98. The van der Waals surface area contributed by atoms with Crippen LogP contribution in [0.5, 0.6) is 0 Å². The summed E-state index contributed by atoms with van der Waals surface area (Å²) in [6.45, 7) is 2.74. The number of carbonyl (C=O) groups excluding carboxylic acids is 1. The van der Waals surface area contributed by atoms with E-state index in [1.807, 2.05) is 6.07 Å². The molecule has 0 aliphatic carbocycles. The minimum atomic E-state index is -0.604. The molecular formula is C10H8N2O3. The van der Waals surface area contributed by atoms with Gasteiger partial charge in [0.25, 0.3) is 5.69 Å². The second kappa shape index (κ2) is 3.88. The number of hydrogen-bond donors (Lipinski definition) is 0. The Hall–Kier alpha value is -2.22. The van der Waals surface area contributed by atoms with Gasteiger partial charge in [0, 0.05) is 5.56 Å². The molecule has 5 heteroatoms. The van der Waals surface area contributed by atoms with Crippen molar-refractivity contribution in [3.05, 3.63) is 38.9 Å². The highest BCUT2D eigenvalue weighted by atomic mass is 16.6. The first-order chi connectivity index (χ1) is 6.97. The maximum absolute atomic E-state index is 11.2. The van der Waals surface area contributed by atoms with Crippen molar-refractivity contribution >= 4 is 11.5 Å². The van der Waals surface area contributed by atoms with Gasteiger partial charge in [-0.1, -0.05) is 0 Å². The van der Waals surface area contributed by atoms with Crippen LogP contribution in [0.4, 0.5) is 5.69 Å². The zero-order valence-corrected chi connectivity index (χ0v) is 8.27. The van der Waals surface area contributed by atoms with Crippen LogP contribution in [0.3, 0.4) is 0 Å². The fourth-order valence-electron chi connectivity index (χ4n) is 1.35. The van der Waals surface area contributed by atoms with E-state index in [4.69, 9.17) is 5.26 Å². The van der Waals surface area contributed by atoms with Gasteiger partial charge in [0.2, 0.25) is 0 Å². The van der Waals surface area contributed by atoms with E-state index in [0.717, 1.165) is 0 Å². The zero-order valence-electron chi connectivity index (χ0n) is 8.27. The molecule has 1 aromatic rings. The first-order valence-corrected chi connectivity index (χ1v) is 4.17. The molecule has 0 saturated heterocycles. The average molecular weight is 204 g/mol. The van der Waals surface area contributed by atoms with Crippen molar-refractivity contribution in [3.8, 4) is 6.07 Å². The molecule has 0 heterocycles. The molecule has 0 unspecified atom stereocenters. The number of ketones is 1. The Morgan fingerprint density at radius 3 is 2.53 bits per heavy atom.